The molecule has 2 aromatic rings. The Kier molecular flexibility index (Phi) is 7.50. The number of carbonyl (C=O) groups is 2. The van der Waals surface area contributed by atoms with Crippen molar-refractivity contribution in [2.24, 2.45) is 5.92 Å². The molecule has 2 heterocycles. The van der Waals surface area contributed by atoms with E-state index in [1.54, 1.807) is 37.4 Å². The Labute approximate surface area is 180 Å². The number of anilines is 1. The van der Waals surface area contributed by atoms with Crippen LogP contribution < -0.4 is 10.2 Å². The van der Waals surface area contributed by atoms with E-state index in [2.05, 4.69) is 33.1 Å². The van der Waals surface area contributed by atoms with Crippen molar-refractivity contribution in [1.29, 1.82) is 0 Å². The number of benzene rings is 1. The van der Waals surface area contributed by atoms with E-state index < -0.39 is 0 Å². The molecule has 29 heavy (non-hydrogen) atoms. The number of carbonyl (C=O) groups excluding carboxylic acids is 2. The highest BCUT2D eigenvalue weighted by molar-refractivity contribution is 9.10. The fraction of sp³-hybridized carbons (Fsp3) is 0.455. The molecule has 1 aromatic heterocycles. The minimum Gasteiger partial charge on any atom is -0.444 e. The maximum Gasteiger partial charge on any atom is 0.293 e. The summed E-state index contributed by atoms with van der Waals surface area (Å²) >= 11 is 3.21. The molecule has 3 rings (SSSR count). The minimum absolute atomic E-state index is 0.173. The largest absolute Gasteiger partial charge is 0.444 e. The van der Waals surface area contributed by atoms with Crippen LogP contribution in [-0.2, 0) is 0 Å². The molecule has 0 atom stereocenters. The van der Waals surface area contributed by atoms with Gasteiger partial charge in [-0.3, -0.25) is 9.59 Å². The fourth-order valence-corrected chi connectivity index (χ4v) is 3.85. The normalized spacial score (nSPS) is 15.3. The Morgan fingerprint density at radius 3 is 2.62 bits per heavy atom. The first-order chi connectivity index (χ1) is 14.0. The number of likely N-dealkylation sites (tertiary alicyclic amines) is 1. The third-order valence-corrected chi connectivity index (χ3v) is 5.84. The number of para-hydroxylation sites is 1. The molecule has 156 valence electrons. The maximum absolute atomic E-state index is 12.7. The van der Waals surface area contributed by atoms with Crippen LogP contribution in [0.2, 0.25) is 0 Å². The molecule has 0 bridgehead atoms. The Morgan fingerprint density at radius 1 is 1.21 bits per heavy atom. The van der Waals surface area contributed by atoms with Gasteiger partial charge >= 0.3 is 0 Å². The van der Waals surface area contributed by atoms with Crippen molar-refractivity contribution in [3.8, 4) is 0 Å². The van der Waals surface area contributed by atoms with Gasteiger partial charge in [0.2, 0.25) is 0 Å². The van der Waals surface area contributed by atoms with Gasteiger partial charge in [0.1, 0.15) is 0 Å². The lowest BCUT2D eigenvalue weighted by Gasteiger charge is -2.30. The molecule has 6 nitrogen and oxygen atoms in total. The first-order valence-corrected chi connectivity index (χ1v) is 10.9. The summed E-state index contributed by atoms with van der Waals surface area (Å²) in [6.45, 7) is 6.21. The van der Waals surface area contributed by atoms with Crippen LogP contribution in [0.4, 0.5) is 5.69 Å². The highest BCUT2D eigenvalue weighted by atomic mass is 79.9. The lowest BCUT2D eigenvalue weighted by atomic mass is 9.99. The number of nitrogens with zero attached hydrogens (tertiary/aromatic N) is 2. The van der Waals surface area contributed by atoms with E-state index in [1.165, 1.54) is 17.7 Å². The Bertz CT molecular complexity index is 843. The number of hydrogen-bond acceptors (Lipinski definition) is 4. The van der Waals surface area contributed by atoms with Crippen molar-refractivity contribution in [3.63, 3.8) is 0 Å². The molecule has 1 N–H and O–H groups in total. The Balaban J connectivity index is 1.56. The smallest absolute Gasteiger partial charge is 0.293 e. The van der Waals surface area contributed by atoms with Crippen molar-refractivity contribution >= 4 is 33.4 Å². The van der Waals surface area contributed by atoms with E-state index >= 15 is 0 Å². The van der Waals surface area contributed by atoms with Gasteiger partial charge in [0.15, 0.2) is 10.4 Å². The summed E-state index contributed by atoms with van der Waals surface area (Å²) in [6.07, 6.45) is 3.43. The van der Waals surface area contributed by atoms with E-state index in [9.17, 15) is 9.59 Å². The lowest BCUT2D eigenvalue weighted by molar-refractivity contribution is 0.0950. The topological polar surface area (TPSA) is 65.8 Å². The third kappa shape index (κ3) is 5.70. The van der Waals surface area contributed by atoms with Gasteiger partial charge in [-0.25, -0.2) is 0 Å². The standard InChI is InChI=1S/C22H28BrN3O3/c1-16-10-14-26(15-11-16)13-5-12-24-21(27)17-6-3-4-7-18(17)25(2)22(28)19-8-9-20(23)29-19/h3-4,6-9,16H,5,10-15H2,1-2H3,(H,24,27). The van der Waals surface area contributed by atoms with Gasteiger partial charge in [-0.15, -0.1) is 0 Å². The van der Waals surface area contributed by atoms with Crippen LogP contribution in [0.15, 0.2) is 45.5 Å². The average Bonchev–Trinajstić information content (AvgIpc) is 3.17. The molecule has 0 saturated carbocycles. The zero-order valence-corrected chi connectivity index (χ0v) is 18.6. The van der Waals surface area contributed by atoms with Crippen molar-refractivity contribution in [3.05, 3.63) is 52.4 Å². The molecule has 1 aliphatic heterocycles. The van der Waals surface area contributed by atoms with Crippen LogP contribution in [0.1, 0.15) is 47.1 Å². The van der Waals surface area contributed by atoms with Gasteiger partial charge in [-0.1, -0.05) is 19.1 Å². The van der Waals surface area contributed by atoms with E-state index in [4.69, 9.17) is 4.42 Å². The molecular formula is C22H28BrN3O3. The van der Waals surface area contributed by atoms with E-state index in [0.717, 1.165) is 32.0 Å². The van der Waals surface area contributed by atoms with E-state index in [1.807, 2.05) is 6.07 Å². The molecule has 0 spiro atoms. The van der Waals surface area contributed by atoms with Crippen molar-refractivity contribution in [2.45, 2.75) is 26.2 Å². The molecule has 0 radical (unpaired) electrons. The first kappa shape index (κ1) is 21.6. The second kappa shape index (κ2) is 10.1. The van der Waals surface area contributed by atoms with Crippen molar-refractivity contribution < 1.29 is 14.0 Å². The highest BCUT2D eigenvalue weighted by Crippen LogP contribution is 2.23. The number of amides is 2. The minimum atomic E-state index is -0.310. The predicted octanol–water partition coefficient (Wildman–Crippen LogP) is 4.17. The summed E-state index contributed by atoms with van der Waals surface area (Å²) < 4.78 is 5.84. The van der Waals surface area contributed by atoms with Crippen LogP contribution in [0, 0.1) is 5.92 Å². The number of rotatable bonds is 7. The molecule has 0 unspecified atom stereocenters. The Morgan fingerprint density at radius 2 is 1.93 bits per heavy atom. The third-order valence-electron chi connectivity index (χ3n) is 5.41. The molecular weight excluding hydrogens is 434 g/mol. The van der Waals surface area contributed by atoms with Gasteiger partial charge in [0, 0.05) is 13.6 Å². The Hall–Kier alpha value is -2.12. The van der Waals surface area contributed by atoms with Crippen molar-refractivity contribution in [1.82, 2.24) is 10.2 Å². The number of piperidine rings is 1. The molecule has 1 aromatic carbocycles. The molecule has 2 amide bonds. The fourth-order valence-electron chi connectivity index (χ4n) is 3.55. The van der Waals surface area contributed by atoms with Gasteiger partial charge in [0.25, 0.3) is 11.8 Å². The van der Waals surface area contributed by atoms with Gasteiger partial charge in [-0.05, 0) is 85.0 Å². The van der Waals surface area contributed by atoms with Crippen LogP contribution >= 0.6 is 15.9 Å². The zero-order chi connectivity index (χ0) is 20.8. The summed E-state index contributed by atoms with van der Waals surface area (Å²) in [6, 6.07) is 10.4. The second-order valence-electron chi connectivity index (χ2n) is 7.62. The number of nitrogens with one attached hydrogen (secondary N) is 1. The highest BCUT2D eigenvalue weighted by Gasteiger charge is 2.22. The van der Waals surface area contributed by atoms with E-state index in [0.29, 0.717) is 22.5 Å². The van der Waals surface area contributed by atoms with Crippen LogP contribution in [0.5, 0.6) is 0 Å². The average molecular weight is 462 g/mol. The monoisotopic (exact) mass is 461 g/mol. The number of halogens is 1. The molecule has 7 heteroatoms. The second-order valence-corrected chi connectivity index (χ2v) is 8.40. The quantitative estimate of drug-likeness (QED) is 0.628. The molecule has 1 fully saturated rings. The summed E-state index contributed by atoms with van der Waals surface area (Å²) in [5.41, 5.74) is 1.02. The summed E-state index contributed by atoms with van der Waals surface area (Å²) in [4.78, 5) is 29.3. The number of furan rings is 1. The maximum atomic E-state index is 12.7. The number of hydrogen-bond donors (Lipinski definition) is 1. The zero-order valence-electron chi connectivity index (χ0n) is 17.0. The summed E-state index contributed by atoms with van der Waals surface area (Å²) in [5.74, 6) is 0.554. The predicted molar refractivity (Wildman–Crippen MR) is 117 cm³/mol. The summed E-state index contributed by atoms with van der Waals surface area (Å²) in [7, 11) is 1.64. The molecule has 1 aliphatic rings. The van der Waals surface area contributed by atoms with Gasteiger partial charge in [0.05, 0.1) is 11.3 Å². The molecule has 1 saturated heterocycles. The SMILES string of the molecule is CC1CCN(CCCNC(=O)c2ccccc2N(C)C(=O)c2ccc(Br)o2)CC1. The van der Waals surface area contributed by atoms with Crippen LogP contribution in [0.25, 0.3) is 0 Å². The van der Waals surface area contributed by atoms with Crippen LogP contribution in [0.3, 0.4) is 0 Å². The van der Waals surface area contributed by atoms with E-state index in [-0.39, 0.29) is 17.6 Å². The first-order valence-electron chi connectivity index (χ1n) is 10.1. The van der Waals surface area contributed by atoms with Crippen LogP contribution in [-0.4, -0.2) is 49.9 Å². The summed E-state index contributed by atoms with van der Waals surface area (Å²) in [5, 5.41) is 2.99. The van der Waals surface area contributed by atoms with Gasteiger partial charge in [-0.2, -0.15) is 0 Å². The van der Waals surface area contributed by atoms with Crippen molar-refractivity contribution in [2.75, 3.05) is 38.1 Å². The molecule has 0 aliphatic carbocycles. The lowest BCUT2D eigenvalue weighted by Crippen LogP contribution is -2.35. The van der Waals surface area contributed by atoms with Gasteiger partial charge < -0.3 is 19.5 Å².